The highest BCUT2D eigenvalue weighted by Crippen LogP contribution is 2.05. The summed E-state index contributed by atoms with van der Waals surface area (Å²) < 4.78 is 5.06. The van der Waals surface area contributed by atoms with Crippen molar-refractivity contribution in [3.8, 4) is 0 Å². The van der Waals surface area contributed by atoms with E-state index in [9.17, 15) is 9.59 Å². The Morgan fingerprint density at radius 2 is 1.59 bits per heavy atom. The summed E-state index contributed by atoms with van der Waals surface area (Å²) in [5.74, 6) is -0.930. The second-order valence-corrected chi connectivity index (χ2v) is 4.24. The second kappa shape index (κ2) is 11.4. The quantitative estimate of drug-likeness (QED) is 0.448. The number of ether oxygens (including phenoxy) is 1. The van der Waals surface area contributed by atoms with Gasteiger partial charge in [-0.3, -0.25) is 9.59 Å². The van der Waals surface area contributed by atoms with Crippen LogP contribution in [0, 0.1) is 0 Å². The van der Waals surface area contributed by atoms with Gasteiger partial charge in [-0.05, 0) is 19.3 Å². The molecule has 17 heavy (non-hydrogen) atoms. The maximum Gasteiger partial charge on any atom is 0.305 e. The van der Waals surface area contributed by atoms with Crippen molar-refractivity contribution in [3.05, 3.63) is 0 Å². The van der Waals surface area contributed by atoms with Crippen LogP contribution in [0.3, 0.4) is 0 Å². The maximum atomic E-state index is 11.2. The van der Waals surface area contributed by atoms with Gasteiger partial charge >= 0.3 is 11.9 Å². The molecule has 100 valence electrons. The Morgan fingerprint density at radius 1 is 0.941 bits per heavy atom. The topological polar surface area (TPSA) is 63.6 Å². The Balaban J connectivity index is 3.20. The molecular formula is C13H24O4. The summed E-state index contributed by atoms with van der Waals surface area (Å²) in [4.78, 5) is 21.5. The molecular weight excluding hydrogens is 220 g/mol. The zero-order valence-corrected chi connectivity index (χ0v) is 10.7. The minimum Gasteiger partial charge on any atom is -0.481 e. The van der Waals surface area contributed by atoms with Gasteiger partial charge < -0.3 is 9.84 Å². The fourth-order valence-electron chi connectivity index (χ4n) is 1.51. The normalized spacial score (nSPS) is 10.2. The molecule has 0 aliphatic carbocycles. The molecule has 0 unspecified atom stereocenters. The monoisotopic (exact) mass is 244 g/mol. The number of aliphatic carboxylic acids is 1. The zero-order chi connectivity index (χ0) is 12.9. The Kier molecular flexibility index (Phi) is 10.7. The molecule has 0 saturated carbocycles. The summed E-state index contributed by atoms with van der Waals surface area (Å²) in [6.45, 7) is 2.66. The number of unbranched alkanes of at least 4 members (excludes halogenated alkanes) is 5. The summed E-state index contributed by atoms with van der Waals surface area (Å²) in [5.41, 5.74) is 0. The molecule has 1 N–H and O–H groups in total. The minimum atomic E-state index is -0.775. The molecule has 0 rings (SSSR count). The van der Waals surface area contributed by atoms with Crippen LogP contribution in [0.5, 0.6) is 0 Å². The molecule has 0 bridgehead atoms. The maximum absolute atomic E-state index is 11.2. The van der Waals surface area contributed by atoms with Crippen LogP contribution in [0.25, 0.3) is 0 Å². The third-order valence-corrected chi connectivity index (χ3v) is 2.53. The van der Waals surface area contributed by atoms with Crippen LogP contribution in [0.15, 0.2) is 0 Å². The predicted octanol–water partition coefficient (Wildman–Crippen LogP) is 3.15. The number of carbonyl (C=O) groups is 2. The number of rotatable bonds is 11. The summed E-state index contributed by atoms with van der Waals surface area (Å²) in [5, 5.41) is 8.42. The van der Waals surface area contributed by atoms with E-state index in [-0.39, 0.29) is 12.4 Å². The van der Waals surface area contributed by atoms with Gasteiger partial charge in [0.15, 0.2) is 0 Å². The minimum absolute atomic E-state index is 0.156. The van der Waals surface area contributed by atoms with Gasteiger partial charge in [0.1, 0.15) is 0 Å². The van der Waals surface area contributed by atoms with Crippen molar-refractivity contribution in [2.24, 2.45) is 0 Å². The van der Waals surface area contributed by atoms with Gasteiger partial charge in [-0.15, -0.1) is 0 Å². The van der Waals surface area contributed by atoms with Crippen molar-refractivity contribution in [1.29, 1.82) is 0 Å². The first-order chi connectivity index (χ1) is 8.16. The lowest BCUT2D eigenvalue weighted by atomic mass is 10.1. The second-order valence-electron chi connectivity index (χ2n) is 4.24. The summed E-state index contributed by atoms with van der Waals surface area (Å²) in [6.07, 6.45) is 7.15. The van der Waals surface area contributed by atoms with E-state index in [2.05, 4.69) is 6.92 Å². The van der Waals surface area contributed by atoms with Gasteiger partial charge in [0.05, 0.1) is 6.61 Å². The molecule has 0 aromatic heterocycles. The molecule has 0 spiro atoms. The van der Waals surface area contributed by atoms with Crippen molar-refractivity contribution < 1.29 is 19.4 Å². The van der Waals surface area contributed by atoms with Crippen LogP contribution in [-0.4, -0.2) is 23.7 Å². The molecule has 0 heterocycles. The molecule has 4 heteroatoms. The van der Waals surface area contributed by atoms with Crippen molar-refractivity contribution in [2.75, 3.05) is 6.61 Å². The van der Waals surface area contributed by atoms with Crippen molar-refractivity contribution in [3.63, 3.8) is 0 Å². The lowest BCUT2D eigenvalue weighted by molar-refractivity contribution is -0.143. The van der Waals surface area contributed by atoms with E-state index in [0.29, 0.717) is 19.4 Å². The fraction of sp³-hybridized carbons (Fsp3) is 0.846. The van der Waals surface area contributed by atoms with Crippen LogP contribution >= 0.6 is 0 Å². The van der Waals surface area contributed by atoms with E-state index < -0.39 is 5.97 Å². The van der Waals surface area contributed by atoms with E-state index in [1.54, 1.807) is 0 Å². The SMILES string of the molecule is CCCCCCOC(=O)CCCCCC(=O)O. The number of hydrogen-bond acceptors (Lipinski definition) is 3. The highest BCUT2D eigenvalue weighted by molar-refractivity contribution is 5.69. The van der Waals surface area contributed by atoms with E-state index in [4.69, 9.17) is 9.84 Å². The third-order valence-electron chi connectivity index (χ3n) is 2.53. The Morgan fingerprint density at radius 3 is 2.24 bits per heavy atom. The third kappa shape index (κ3) is 12.9. The van der Waals surface area contributed by atoms with Gasteiger partial charge in [-0.1, -0.05) is 32.6 Å². The first kappa shape index (κ1) is 15.9. The van der Waals surface area contributed by atoms with E-state index in [0.717, 1.165) is 25.7 Å². The van der Waals surface area contributed by atoms with Gasteiger partial charge in [0, 0.05) is 12.8 Å². The number of hydrogen-bond donors (Lipinski definition) is 1. The van der Waals surface area contributed by atoms with Gasteiger partial charge in [-0.25, -0.2) is 0 Å². The van der Waals surface area contributed by atoms with Gasteiger partial charge in [0.2, 0.25) is 0 Å². The lowest BCUT2D eigenvalue weighted by Crippen LogP contribution is -2.05. The molecule has 0 fully saturated rings. The highest BCUT2D eigenvalue weighted by atomic mass is 16.5. The average Bonchev–Trinajstić information content (AvgIpc) is 2.28. The zero-order valence-electron chi connectivity index (χ0n) is 10.7. The molecule has 0 atom stereocenters. The molecule has 0 amide bonds. The lowest BCUT2D eigenvalue weighted by Gasteiger charge is -2.04. The molecule has 0 aliphatic rings. The molecule has 0 aromatic carbocycles. The summed E-state index contributed by atoms with van der Waals surface area (Å²) >= 11 is 0. The van der Waals surface area contributed by atoms with Crippen molar-refractivity contribution in [1.82, 2.24) is 0 Å². The van der Waals surface area contributed by atoms with Crippen LogP contribution in [0.4, 0.5) is 0 Å². The molecule has 0 aliphatic heterocycles. The first-order valence-corrected chi connectivity index (χ1v) is 6.54. The molecule has 0 saturated heterocycles. The smallest absolute Gasteiger partial charge is 0.305 e. The van der Waals surface area contributed by atoms with E-state index >= 15 is 0 Å². The number of carboxylic acid groups (broad SMARTS) is 1. The van der Waals surface area contributed by atoms with Crippen molar-refractivity contribution >= 4 is 11.9 Å². The first-order valence-electron chi connectivity index (χ1n) is 6.54. The van der Waals surface area contributed by atoms with Crippen LogP contribution in [-0.2, 0) is 14.3 Å². The molecule has 4 nitrogen and oxygen atoms in total. The van der Waals surface area contributed by atoms with Crippen LogP contribution in [0.1, 0.15) is 64.7 Å². The van der Waals surface area contributed by atoms with E-state index in [1.165, 1.54) is 12.8 Å². The average molecular weight is 244 g/mol. The van der Waals surface area contributed by atoms with Crippen LogP contribution in [0.2, 0.25) is 0 Å². The summed E-state index contributed by atoms with van der Waals surface area (Å²) in [7, 11) is 0. The predicted molar refractivity (Wildman–Crippen MR) is 65.8 cm³/mol. The van der Waals surface area contributed by atoms with Crippen molar-refractivity contribution in [2.45, 2.75) is 64.7 Å². The Hall–Kier alpha value is -1.06. The summed E-state index contributed by atoms with van der Waals surface area (Å²) in [6, 6.07) is 0. The molecule has 0 aromatic rings. The highest BCUT2D eigenvalue weighted by Gasteiger charge is 2.03. The van der Waals surface area contributed by atoms with Gasteiger partial charge in [-0.2, -0.15) is 0 Å². The van der Waals surface area contributed by atoms with E-state index in [1.807, 2.05) is 0 Å². The van der Waals surface area contributed by atoms with Crippen LogP contribution < -0.4 is 0 Å². The van der Waals surface area contributed by atoms with Gasteiger partial charge in [0.25, 0.3) is 0 Å². The Labute approximate surface area is 103 Å². The number of carboxylic acids is 1. The number of carbonyl (C=O) groups excluding carboxylic acids is 1. The molecule has 0 radical (unpaired) electrons. The Bertz CT molecular complexity index is 213. The largest absolute Gasteiger partial charge is 0.481 e. The standard InChI is InChI=1S/C13H24O4/c1-2-3-4-8-11-17-13(16)10-7-5-6-9-12(14)15/h2-11H2,1H3,(H,14,15). The fourth-order valence-corrected chi connectivity index (χ4v) is 1.51. The number of esters is 1.